The molecule has 0 saturated heterocycles. The molecule has 0 aliphatic rings. The van der Waals surface area contributed by atoms with E-state index in [4.69, 9.17) is 51.1 Å². The Hall–Kier alpha value is -1.52. The zero-order chi connectivity index (χ0) is 21.2. The molecule has 14 nitrogen and oxygen atoms in total. The summed E-state index contributed by atoms with van der Waals surface area (Å²) in [6, 6.07) is 0. The molecule has 27 heavy (non-hydrogen) atoms. The molecule has 0 aromatic rings. The van der Waals surface area contributed by atoms with E-state index in [2.05, 4.69) is 0 Å². The number of carboxylic acids is 2. The van der Waals surface area contributed by atoms with Crippen LogP contribution in [-0.2, 0) is 36.2 Å². The van der Waals surface area contributed by atoms with Gasteiger partial charge in [-0.15, -0.1) is 0 Å². The number of hydrogen-bond acceptors (Lipinski definition) is 12. The van der Waals surface area contributed by atoms with Gasteiger partial charge in [0.25, 0.3) is 0 Å². The third-order valence-electron chi connectivity index (χ3n) is 2.83. The second-order valence-corrected chi connectivity index (χ2v) is 4.78. The maximum atomic E-state index is 10.1. The summed E-state index contributed by atoms with van der Waals surface area (Å²) in [6.07, 6.45) is -16.8. The van der Waals surface area contributed by atoms with E-state index in [1.165, 1.54) is 0 Å². The number of aliphatic hydroxyl groups excluding tert-OH is 8. The van der Waals surface area contributed by atoms with Crippen molar-refractivity contribution in [1.82, 2.24) is 0 Å². The standard InChI is InChI=1S/2C6H10O7.Cu/c2*7-1-2(8)3(9)4(10)5(11)6(12)13;/h2*1-5,8-11H,(H,12,13);/t2*2-,3+,4-,5-;/m00./s1. The van der Waals surface area contributed by atoms with E-state index in [0.29, 0.717) is 0 Å². The molecule has 0 bridgehead atoms. The van der Waals surface area contributed by atoms with Gasteiger partial charge < -0.3 is 60.7 Å². The molecule has 10 N–H and O–H groups in total. The topological polar surface area (TPSA) is 271 Å². The van der Waals surface area contributed by atoms with Gasteiger partial charge in [-0.3, -0.25) is 0 Å². The van der Waals surface area contributed by atoms with Gasteiger partial charge in [0.2, 0.25) is 0 Å². The number of carbonyl (C=O) groups excluding carboxylic acids is 2. The Kier molecular flexibility index (Phi) is 16.3. The van der Waals surface area contributed by atoms with Crippen LogP contribution in [0, 0.1) is 0 Å². The predicted octanol–water partition coefficient (Wildman–Crippen LogP) is -6.58. The minimum Gasteiger partial charge on any atom is -0.479 e. The van der Waals surface area contributed by atoms with Crippen LogP contribution in [0.3, 0.4) is 0 Å². The molecule has 1 radical (unpaired) electrons. The summed E-state index contributed by atoms with van der Waals surface area (Å²) < 4.78 is 0. The first-order chi connectivity index (χ1) is 11.8. The minimum atomic E-state index is -2.25. The van der Waals surface area contributed by atoms with Gasteiger partial charge in [-0.05, 0) is 0 Å². The number of aliphatic hydroxyl groups is 8. The molecule has 0 aliphatic carbocycles. The van der Waals surface area contributed by atoms with Crippen LogP contribution >= 0.6 is 0 Å². The molecule has 0 fully saturated rings. The fourth-order valence-corrected chi connectivity index (χ4v) is 1.23. The molecule has 0 aromatic carbocycles. The molecular weight excluding hydrogens is 432 g/mol. The molecule has 0 aromatic heterocycles. The first kappa shape index (κ1) is 30.2. The summed E-state index contributed by atoms with van der Waals surface area (Å²) in [4.78, 5) is 39.9. The Balaban J connectivity index is -0.000000411. The van der Waals surface area contributed by atoms with Gasteiger partial charge >= 0.3 is 11.9 Å². The van der Waals surface area contributed by atoms with Crippen molar-refractivity contribution in [2.45, 2.75) is 48.8 Å². The fourth-order valence-electron chi connectivity index (χ4n) is 1.23. The Morgan fingerprint density at radius 2 is 0.778 bits per heavy atom. The Bertz CT molecular complexity index is 431. The molecule has 15 heteroatoms. The van der Waals surface area contributed by atoms with Crippen LogP contribution in [-0.4, -0.2) is 124 Å². The van der Waals surface area contributed by atoms with Crippen molar-refractivity contribution >= 4 is 24.5 Å². The average Bonchev–Trinajstić information content (AvgIpc) is 2.62. The maximum Gasteiger partial charge on any atom is 0.335 e. The van der Waals surface area contributed by atoms with E-state index in [9.17, 15) is 19.2 Å². The van der Waals surface area contributed by atoms with Crippen LogP contribution in [0.5, 0.6) is 0 Å². The van der Waals surface area contributed by atoms with Gasteiger partial charge in [-0.2, -0.15) is 0 Å². The molecule has 0 saturated carbocycles. The zero-order valence-corrected chi connectivity index (χ0v) is 14.1. The van der Waals surface area contributed by atoms with Gasteiger partial charge in [-0.25, -0.2) is 9.59 Å². The van der Waals surface area contributed by atoms with Crippen molar-refractivity contribution < 1.29 is 87.3 Å². The molecule has 0 heterocycles. The quantitative estimate of drug-likeness (QED) is 0.109. The summed E-state index contributed by atoms with van der Waals surface area (Å²) in [7, 11) is 0. The van der Waals surface area contributed by atoms with Crippen LogP contribution < -0.4 is 0 Å². The molecule has 0 aliphatic heterocycles. The van der Waals surface area contributed by atoms with Gasteiger partial charge in [0.15, 0.2) is 24.8 Å². The molecular formula is C12H20CuO14. The second kappa shape index (κ2) is 14.5. The monoisotopic (exact) mass is 451 g/mol. The van der Waals surface area contributed by atoms with Crippen LogP contribution in [0.1, 0.15) is 0 Å². The van der Waals surface area contributed by atoms with E-state index < -0.39 is 60.8 Å². The summed E-state index contributed by atoms with van der Waals surface area (Å²) in [6.45, 7) is 0. The van der Waals surface area contributed by atoms with Crippen molar-refractivity contribution in [3.8, 4) is 0 Å². The summed E-state index contributed by atoms with van der Waals surface area (Å²) in [5.41, 5.74) is 0. The van der Waals surface area contributed by atoms with Crippen molar-refractivity contribution in [3.05, 3.63) is 0 Å². The smallest absolute Gasteiger partial charge is 0.335 e. The normalized spacial score (nSPS) is 19.3. The Morgan fingerprint density at radius 3 is 0.926 bits per heavy atom. The minimum absolute atomic E-state index is 0. The average molecular weight is 452 g/mol. The first-order valence-corrected chi connectivity index (χ1v) is 6.64. The van der Waals surface area contributed by atoms with E-state index in [1.54, 1.807) is 0 Å². The van der Waals surface area contributed by atoms with Gasteiger partial charge in [0.05, 0.1) is 0 Å². The molecule has 0 spiro atoms. The molecule has 0 rings (SSSR count). The summed E-state index contributed by atoms with van der Waals surface area (Å²) >= 11 is 0. The van der Waals surface area contributed by atoms with Crippen molar-refractivity contribution in [2.24, 2.45) is 0 Å². The Morgan fingerprint density at radius 1 is 0.556 bits per heavy atom. The van der Waals surface area contributed by atoms with Crippen molar-refractivity contribution in [1.29, 1.82) is 0 Å². The number of rotatable bonds is 10. The van der Waals surface area contributed by atoms with Crippen molar-refractivity contribution in [3.63, 3.8) is 0 Å². The van der Waals surface area contributed by atoms with E-state index in [1.807, 2.05) is 0 Å². The number of aldehydes is 2. The largest absolute Gasteiger partial charge is 0.479 e. The van der Waals surface area contributed by atoms with Gasteiger partial charge in [-0.1, -0.05) is 0 Å². The maximum absolute atomic E-state index is 10.1. The number of hydrogen-bond donors (Lipinski definition) is 10. The second-order valence-electron chi connectivity index (χ2n) is 4.78. The first-order valence-electron chi connectivity index (χ1n) is 6.64. The molecule has 163 valence electrons. The van der Waals surface area contributed by atoms with Crippen LogP contribution in [0.4, 0.5) is 0 Å². The summed E-state index contributed by atoms with van der Waals surface area (Å²) in [5, 5.41) is 86.4. The predicted molar refractivity (Wildman–Crippen MR) is 75.5 cm³/mol. The number of carboxylic acid groups (broad SMARTS) is 2. The molecule has 0 amide bonds. The van der Waals surface area contributed by atoms with Crippen LogP contribution in [0.2, 0.25) is 0 Å². The zero-order valence-electron chi connectivity index (χ0n) is 13.2. The van der Waals surface area contributed by atoms with Crippen LogP contribution in [0.25, 0.3) is 0 Å². The third kappa shape index (κ3) is 10.4. The van der Waals surface area contributed by atoms with Gasteiger partial charge in [0, 0.05) is 17.1 Å². The fraction of sp³-hybridized carbons (Fsp3) is 0.667. The SMILES string of the molecule is O=C[C@H](O)[C@@H](O)[C@H](O)[C@H](O)C(=O)O.O=C[C@H](O)[C@@H](O)[C@H](O)[C@H](O)C(=O)O.[Cu]. The third-order valence-corrected chi connectivity index (χ3v) is 2.83. The van der Waals surface area contributed by atoms with E-state index in [-0.39, 0.29) is 29.6 Å². The van der Waals surface area contributed by atoms with Crippen LogP contribution in [0.15, 0.2) is 0 Å². The molecule has 0 unspecified atom stereocenters. The van der Waals surface area contributed by atoms with Gasteiger partial charge in [0.1, 0.15) is 36.6 Å². The van der Waals surface area contributed by atoms with E-state index in [0.717, 1.165) is 0 Å². The summed E-state index contributed by atoms with van der Waals surface area (Å²) in [5.74, 6) is -3.52. The van der Waals surface area contributed by atoms with Crippen molar-refractivity contribution in [2.75, 3.05) is 0 Å². The Labute approximate surface area is 161 Å². The number of carbonyl (C=O) groups is 4. The van der Waals surface area contributed by atoms with E-state index >= 15 is 0 Å². The molecule has 8 atom stereocenters. The number of aliphatic carboxylic acids is 2.